The number of benzene rings is 1. The first-order valence-electron chi connectivity index (χ1n) is 8.06. The van der Waals surface area contributed by atoms with E-state index in [0.717, 1.165) is 17.2 Å². The highest BCUT2D eigenvalue weighted by molar-refractivity contribution is 7.09. The second-order valence-corrected chi connectivity index (χ2v) is 6.59. The average molecular weight is 302 g/mol. The van der Waals surface area contributed by atoms with Gasteiger partial charge in [0.25, 0.3) is 0 Å². The van der Waals surface area contributed by atoms with E-state index in [1.807, 2.05) is 0 Å². The lowest BCUT2D eigenvalue weighted by Crippen LogP contribution is -2.01. The van der Waals surface area contributed by atoms with E-state index < -0.39 is 0 Å². The van der Waals surface area contributed by atoms with Gasteiger partial charge < -0.3 is 5.32 Å². The lowest BCUT2D eigenvalue weighted by Gasteiger charge is -2.07. The minimum absolute atomic E-state index is 1.06. The van der Waals surface area contributed by atoms with Crippen LogP contribution in [0.1, 0.15) is 50.5 Å². The van der Waals surface area contributed by atoms with E-state index in [1.54, 1.807) is 11.3 Å². The molecule has 2 aromatic rings. The summed E-state index contributed by atoms with van der Waals surface area (Å²) in [6, 6.07) is 8.57. The van der Waals surface area contributed by atoms with Gasteiger partial charge in [-0.05, 0) is 25.5 Å². The maximum Gasteiger partial charge on any atom is 0.0901 e. The fourth-order valence-electron chi connectivity index (χ4n) is 2.42. The van der Waals surface area contributed by atoms with Gasteiger partial charge in [-0.2, -0.15) is 0 Å². The van der Waals surface area contributed by atoms with Crippen molar-refractivity contribution in [3.05, 3.63) is 34.7 Å². The van der Waals surface area contributed by atoms with Gasteiger partial charge in [0.2, 0.25) is 0 Å². The Kier molecular flexibility index (Phi) is 6.74. The monoisotopic (exact) mass is 302 g/mol. The standard InChI is InChI=1S/C18H26N2S/c1-3-4-5-6-7-8-12-19-17-11-9-10-16(13-17)18-14-21-15(2)20-18/h9-11,13-14,19H,3-8,12H2,1-2H3. The van der Waals surface area contributed by atoms with Crippen molar-refractivity contribution >= 4 is 17.0 Å². The molecule has 1 aromatic heterocycles. The van der Waals surface area contributed by atoms with Crippen molar-refractivity contribution in [2.75, 3.05) is 11.9 Å². The predicted octanol–water partition coefficient (Wildman–Crippen LogP) is 5.89. The second-order valence-electron chi connectivity index (χ2n) is 5.53. The fourth-order valence-corrected chi connectivity index (χ4v) is 3.04. The zero-order valence-electron chi connectivity index (χ0n) is 13.2. The fraction of sp³-hybridized carbons (Fsp3) is 0.500. The van der Waals surface area contributed by atoms with Crippen molar-refractivity contribution in [1.82, 2.24) is 4.98 Å². The van der Waals surface area contributed by atoms with E-state index in [4.69, 9.17) is 0 Å². The number of nitrogens with one attached hydrogen (secondary N) is 1. The van der Waals surface area contributed by atoms with Crippen molar-refractivity contribution in [1.29, 1.82) is 0 Å². The molecule has 0 amide bonds. The molecule has 2 nitrogen and oxygen atoms in total. The van der Waals surface area contributed by atoms with Crippen LogP contribution in [0.5, 0.6) is 0 Å². The van der Waals surface area contributed by atoms with Crippen molar-refractivity contribution in [3.8, 4) is 11.3 Å². The zero-order chi connectivity index (χ0) is 14.9. The van der Waals surface area contributed by atoms with Gasteiger partial charge in [-0.25, -0.2) is 4.98 Å². The van der Waals surface area contributed by atoms with Gasteiger partial charge in [-0.1, -0.05) is 51.2 Å². The molecular formula is C18H26N2S. The van der Waals surface area contributed by atoms with Crippen molar-refractivity contribution in [2.24, 2.45) is 0 Å². The summed E-state index contributed by atoms with van der Waals surface area (Å²) in [6.45, 7) is 5.37. The van der Waals surface area contributed by atoms with Crippen LogP contribution in [-0.2, 0) is 0 Å². The van der Waals surface area contributed by atoms with Crippen molar-refractivity contribution < 1.29 is 0 Å². The van der Waals surface area contributed by atoms with E-state index in [9.17, 15) is 0 Å². The molecule has 0 radical (unpaired) electrons. The molecule has 0 spiro atoms. The Balaban J connectivity index is 1.76. The summed E-state index contributed by atoms with van der Waals surface area (Å²) in [6.07, 6.45) is 8.04. The van der Waals surface area contributed by atoms with Gasteiger partial charge in [0.15, 0.2) is 0 Å². The lowest BCUT2D eigenvalue weighted by molar-refractivity contribution is 0.617. The summed E-state index contributed by atoms with van der Waals surface area (Å²) in [5, 5.41) is 6.78. The number of hydrogen-bond acceptors (Lipinski definition) is 3. The largest absolute Gasteiger partial charge is 0.385 e. The zero-order valence-corrected chi connectivity index (χ0v) is 14.0. The maximum atomic E-state index is 4.55. The molecule has 0 saturated carbocycles. The number of aromatic nitrogens is 1. The summed E-state index contributed by atoms with van der Waals surface area (Å²) < 4.78 is 0. The van der Waals surface area contributed by atoms with Gasteiger partial charge in [-0.3, -0.25) is 0 Å². The molecule has 0 aliphatic rings. The SMILES string of the molecule is CCCCCCCCNc1cccc(-c2csc(C)n2)c1. The summed E-state index contributed by atoms with van der Waals surface area (Å²) in [5.41, 5.74) is 3.49. The molecule has 2 rings (SSSR count). The Labute approximate surface area is 132 Å². The third-order valence-corrected chi connectivity index (χ3v) is 4.41. The second kappa shape index (κ2) is 8.83. The van der Waals surface area contributed by atoms with Gasteiger partial charge in [0.05, 0.1) is 10.7 Å². The van der Waals surface area contributed by atoms with Crippen molar-refractivity contribution in [2.45, 2.75) is 52.4 Å². The van der Waals surface area contributed by atoms with E-state index >= 15 is 0 Å². The van der Waals surface area contributed by atoms with Crippen LogP contribution in [0, 0.1) is 6.92 Å². The molecule has 1 N–H and O–H groups in total. The minimum atomic E-state index is 1.06. The molecule has 0 aliphatic heterocycles. The molecule has 21 heavy (non-hydrogen) atoms. The molecule has 0 saturated heterocycles. The highest BCUT2D eigenvalue weighted by atomic mass is 32.1. The Morgan fingerprint density at radius 1 is 1.10 bits per heavy atom. The molecule has 0 unspecified atom stereocenters. The third-order valence-electron chi connectivity index (χ3n) is 3.64. The topological polar surface area (TPSA) is 24.9 Å². The highest BCUT2D eigenvalue weighted by Gasteiger charge is 2.02. The number of thiazole rings is 1. The molecule has 1 heterocycles. The number of anilines is 1. The summed E-state index contributed by atoms with van der Waals surface area (Å²) in [4.78, 5) is 4.55. The van der Waals surface area contributed by atoms with Gasteiger partial charge in [0.1, 0.15) is 0 Å². The van der Waals surface area contributed by atoms with Gasteiger partial charge in [-0.15, -0.1) is 11.3 Å². The molecule has 0 atom stereocenters. The Morgan fingerprint density at radius 3 is 2.67 bits per heavy atom. The molecule has 1 aromatic carbocycles. The number of rotatable bonds is 9. The van der Waals surface area contributed by atoms with E-state index in [0.29, 0.717) is 0 Å². The number of aryl methyl sites for hydroxylation is 1. The van der Waals surface area contributed by atoms with E-state index in [1.165, 1.54) is 49.8 Å². The molecular weight excluding hydrogens is 276 g/mol. The van der Waals surface area contributed by atoms with Crippen LogP contribution >= 0.6 is 11.3 Å². The number of nitrogens with zero attached hydrogens (tertiary/aromatic N) is 1. The summed E-state index contributed by atoms with van der Waals surface area (Å²) in [5.74, 6) is 0. The summed E-state index contributed by atoms with van der Waals surface area (Å²) >= 11 is 1.70. The van der Waals surface area contributed by atoms with E-state index in [-0.39, 0.29) is 0 Å². The maximum absolute atomic E-state index is 4.55. The van der Waals surface area contributed by atoms with Crippen LogP contribution in [0.15, 0.2) is 29.6 Å². The smallest absolute Gasteiger partial charge is 0.0901 e. The van der Waals surface area contributed by atoms with Crippen LogP contribution in [0.2, 0.25) is 0 Å². The average Bonchev–Trinajstić information content (AvgIpc) is 2.93. The number of unbranched alkanes of at least 4 members (excludes halogenated alkanes) is 5. The summed E-state index contributed by atoms with van der Waals surface area (Å²) in [7, 11) is 0. The Morgan fingerprint density at radius 2 is 1.90 bits per heavy atom. The number of hydrogen-bond donors (Lipinski definition) is 1. The quantitative estimate of drug-likeness (QED) is 0.584. The Bertz CT molecular complexity index is 534. The van der Waals surface area contributed by atoms with Crippen LogP contribution in [-0.4, -0.2) is 11.5 Å². The van der Waals surface area contributed by atoms with Gasteiger partial charge in [0, 0.05) is 23.2 Å². The lowest BCUT2D eigenvalue weighted by atomic mass is 10.1. The third kappa shape index (κ3) is 5.50. The van der Waals surface area contributed by atoms with Crippen LogP contribution in [0.4, 0.5) is 5.69 Å². The molecule has 0 bridgehead atoms. The predicted molar refractivity (Wildman–Crippen MR) is 94.2 cm³/mol. The van der Waals surface area contributed by atoms with Crippen LogP contribution in [0.3, 0.4) is 0 Å². The first-order chi connectivity index (χ1) is 10.3. The molecule has 0 fully saturated rings. The molecule has 0 aliphatic carbocycles. The minimum Gasteiger partial charge on any atom is -0.385 e. The first kappa shape index (κ1) is 16.0. The Hall–Kier alpha value is -1.35. The normalized spacial score (nSPS) is 10.8. The van der Waals surface area contributed by atoms with Crippen LogP contribution < -0.4 is 5.32 Å². The van der Waals surface area contributed by atoms with Gasteiger partial charge >= 0.3 is 0 Å². The molecule has 3 heteroatoms. The van der Waals surface area contributed by atoms with Crippen LogP contribution in [0.25, 0.3) is 11.3 Å². The van der Waals surface area contributed by atoms with E-state index in [2.05, 4.69) is 53.8 Å². The first-order valence-corrected chi connectivity index (χ1v) is 8.94. The molecule has 114 valence electrons. The van der Waals surface area contributed by atoms with Crippen molar-refractivity contribution in [3.63, 3.8) is 0 Å². The highest BCUT2D eigenvalue weighted by Crippen LogP contribution is 2.24.